The van der Waals surface area contributed by atoms with Crippen LogP contribution in [0, 0.1) is 0 Å². The lowest BCUT2D eigenvalue weighted by molar-refractivity contribution is 0.632. The van der Waals surface area contributed by atoms with Crippen LogP contribution in [0.3, 0.4) is 0 Å². The minimum atomic E-state index is 1.19. The lowest BCUT2D eigenvalue weighted by Crippen LogP contribution is -1.89. The number of rotatable bonds is 6. The molecule has 0 N–H and O–H groups in total. The van der Waals surface area contributed by atoms with E-state index < -0.39 is 0 Å². The molecule has 0 aliphatic heterocycles. The van der Waals surface area contributed by atoms with Crippen LogP contribution in [0.25, 0.3) is 10.8 Å². The maximum absolute atomic E-state index is 3.76. The number of aryl methyl sites for hydroxylation is 1. The average Bonchev–Trinajstić information content (AvgIpc) is 2.41. The van der Waals surface area contributed by atoms with E-state index >= 15 is 0 Å². The molecule has 0 bridgehead atoms. The molecule has 0 spiro atoms. The second-order valence-corrected chi connectivity index (χ2v) is 5.72. The van der Waals surface area contributed by atoms with Gasteiger partial charge in [0.1, 0.15) is 0 Å². The highest BCUT2D eigenvalue weighted by molar-refractivity contribution is 9.10. The smallest absolute Gasteiger partial charge is 0.0285 e. The molecule has 0 fully saturated rings. The summed E-state index contributed by atoms with van der Waals surface area (Å²) < 4.78 is 1.29. The predicted molar refractivity (Wildman–Crippen MR) is 84.1 cm³/mol. The monoisotopic (exact) mass is 304 g/mol. The van der Waals surface area contributed by atoms with E-state index in [1.165, 1.54) is 59.3 Å². The van der Waals surface area contributed by atoms with Crippen LogP contribution in [0.1, 0.15) is 44.6 Å². The Bertz CT molecular complexity index is 502. The third kappa shape index (κ3) is 3.35. The van der Waals surface area contributed by atoms with Crippen molar-refractivity contribution in [1.82, 2.24) is 0 Å². The molecule has 1 heteroatoms. The molecule has 0 saturated carbocycles. The molecule has 0 unspecified atom stereocenters. The van der Waals surface area contributed by atoms with Gasteiger partial charge in [0.25, 0.3) is 0 Å². The van der Waals surface area contributed by atoms with Crippen LogP contribution in [0.4, 0.5) is 0 Å². The first-order valence-electron chi connectivity index (χ1n) is 6.99. The van der Waals surface area contributed by atoms with Crippen molar-refractivity contribution in [3.63, 3.8) is 0 Å². The van der Waals surface area contributed by atoms with Crippen molar-refractivity contribution in [1.29, 1.82) is 0 Å². The Labute approximate surface area is 119 Å². The molecule has 0 aromatic heterocycles. The van der Waals surface area contributed by atoms with Crippen molar-refractivity contribution in [3.05, 3.63) is 46.4 Å². The lowest BCUT2D eigenvalue weighted by atomic mass is 10.0. The number of hydrogen-bond donors (Lipinski definition) is 0. The van der Waals surface area contributed by atoms with Crippen molar-refractivity contribution in [2.75, 3.05) is 0 Å². The molecule has 2 aromatic carbocycles. The fourth-order valence-corrected chi connectivity index (χ4v) is 3.08. The zero-order chi connectivity index (χ0) is 12.8. The lowest BCUT2D eigenvalue weighted by Gasteiger charge is -2.08. The summed E-state index contributed by atoms with van der Waals surface area (Å²) in [6.45, 7) is 2.26. The first-order chi connectivity index (χ1) is 8.83. The van der Waals surface area contributed by atoms with Crippen LogP contribution in [0.5, 0.6) is 0 Å². The quantitative estimate of drug-likeness (QED) is 0.564. The van der Waals surface area contributed by atoms with E-state index in [2.05, 4.69) is 59.3 Å². The summed E-state index contributed by atoms with van der Waals surface area (Å²) in [5, 5.41) is 2.66. The van der Waals surface area contributed by atoms with Gasteiger partial charge < -0.3 is 0 Å². The summed E-state index contributed by atoms with van der Waals surface area (Å²) in [4.78, 5) is 0. The Morgan fingerprint density at radius 1 is 0.889 bits per heavy atom. The van der Waals surface area contributed by atoms with E-state index in [0.29, 0.717) is 0 Å². The number of halogens is 1. The van der Waals surface area contributed by atoms with Crippen LogP contribution in [-0.4, -0.2) is 0 Å². The maximum atomic E-state index is 3.76. The first kappa shape index (κ1) is 13.6. The van der Waals surface area contributed by atoms with E-state index in [4.69, 9.17) is 0 Å². The molecule has 0 heterocycles. The minimum absolute atomic E-state index is 1.19. The molecule has 0 radical (unpaired) electrons. The van der Waals surface area contributed by atoms with Crippen molar-refractivity contribution < 1.29 is 0 Å². The van der Waals surface area contributed by atoms with E-state index in [9.17, 15) is 0 Å². The molecule has 96 valence electrons. The zero-order valence-corrected chi connectivity index (χ0v) is 12.7. The van der Waals surface area contributed by atoms with Crippen LogP contribution >= 0.6 is 15.9 Å². The Balaban J connectivity index is 2.03. The van der Waals surface area contributed by atoms with Crippen molar-refractivity contribution in [2.45, 2.75) is 45.4 Å². The zero-order valence-electron chi connectivity index (χ0n) is 11.1. The van der Waals surface area contributed by atoms with Crippen LogP contribution in [-0.2, 0) is 6.42 Å². The molecule has 18 heavy (non-hydrogen) atoms. The van der Waals surface area contributed by atoms with Crippen LogP contribution in [0.15, 0.2) is 40.9 Å². The van der Waals surface area contributed by atoms with Gasteiger partial charge in [-0.05, 0) is 45.1 Å². The first-order valence-corrected chi connectivity index (χ1v) is 7.78. The van der Waals surface area contributed by atoms with Gasteiger partial charge in [-0.15, -0.1) is 0 Å². The predicted octanol–water partition coefficient (Wildman–Crippen LogP) is 6.12. The van der Waals surface area contributed by atoms with Crippen molar-refractivity contribution in [3.8, 4) is 0 Å². The third-order valence-electron chi connectivity index (χ3n) is 3.49. The second-order valence-electron chi connectivity index (χ2n) is 4.92. The van der Waals surface area contributed by atoms with Gasteiger partial charge in [0.15, 0.2) is 0 Å². The normalized spacial score (nSPS) is 11.0. The molecule has 2 rings (SSSR count). The van der Waals surface area contributed by atoms with Crippen molar-refractivity contribution >= 4 is 26.7 Å². The summed E-state index contributed by atoms with van der Waals surface area (Å²) in [6, 6.07) is 13.1. The minimum Gasteiger partial charge on any atom is -0.0654 e. The van der Waals surface area contributed by atoms with Gasteiger partial charge >= 0.3 is 0 Å². The summed E-state index contributed by atoms with van der Waals surface area (Å²) in [5.41, 5.74) is 1.45. The number of benzene rings is 2. The Kier molecular flexibility index (Phi) is 5.25. The van der Waals surface area contributed by atoms with Gasteiger partial charge in [-0.2, -0.15) is 0 Å². The molecule has 0 nitrogen and oxygen atoms in total. The summed E-state index contributed by atoms with van der Waals surface area (Å²) >= 11 is 3.76. The summed E-state index contributed by atoms with van der Waals surface area (Å²) in [6.07, 6.45) is 7.92. The van der Waals surface area contributed by atoms with Gasteiger partial charge in [0.05, 0.1) is 0 Å². The van der Waals surface area contributed by atoms with E-state index in [1.54, 1.807) is 0 Å². The molecule has 0 aliphatic rings. The average molecular weight is 305 g/mol. The standard InChI is InChI=1S/C17H21Br/c1-2-3-4-5-6-10-15-13-12-14-9-7-8-11-16(14)17(15)18/h7-9,11-13H,2-6,10H2,1H3. The van der Waals surface area contributed by atoms with E-state index in [1.807, 2.05) is 0 Å². The van der Waals surface area contributed by atoms with Gasteiger partial charge in [-0.1, -0.05) is 69.0 Å². The molecule has 0 aliphatic carbocycles. The van der Waals surface area contributed by atoms with Crippen molar-refractivity contribution in [2.24, 2.45) is 0 Å². The molecule has 0 amide bonds. The molecule has 0 atom stereocenters. The Morgan fingerprint density at radius 3 is 2.50 bits per heavy atom. The van der Waals surface area contributed by atoms with Gasteiger partial charge in [-0.25, -0.2) is 0 Å². The van der Waals surface area contributed by atoms with Gasteiger partial charge in [0.2, 0.25) is 0 Å². The number of hydrogen-bond acceptors (Lipinski definition) is 0. The number of unbranched alkanes of at least 4 members (excludes halogenated alkanes) is 4. The second kappa shape index (κ2) is 6.94. The largest absolute Gasteiger partial charge is 0.0654 e. The Hall–Kier alpha value is -0.820. The van der Waals surface area contributed by atoms with E-state index in [0.717, 1.165) is 0 Å². The van der Waals surface area contributed by atoms with E-state index in [-0.39, 0.29) is 0 Å². The maximum Gasteiger partial charge on any atom is 0.0285 e. The SMILES string of the molecule is CCCCCCCc1ccc2ccccc2c1Br. The molecular weight excluding hydrogens is 284 g/mol. The van der Waals surface area contributed by atoms with Crippen LogP contribution in [0.2, 0.25) is 0 Å². The van der Waals surface area contributed by atoms with Gasteiger partial charge in [0, 0.05) is 4.47 Å². The Morgan fingerprint density at radius 2 is 1.67 bits per heavy atom. The highest BCUT2D eigenvalue weighted by Gasteiger charge is 2.04. The highest BCUT2D eigenvalue weighted by atomic mass is 79.9. The fraction of sp³-hybridized carbons (Fsp3) is 0.412. The molecule has 0 saturated heterocycles. The van der Waals surface area contributed by atoms with Gasteiger partial charge in [-0.3, -0.25) is 0 Å². The summed E-state index contributed by atoms with van der Waals surface area (Å²) in [5.74, 6) is 0. The molecular formula is C17H21Br. The summed E-state index contributed by atoms with van der Waals surface area (Å²) in [7, 11) is 0. The van der Waals surface area contributed by atoms with Crippen LogP contribution < -0.4 is 0 Å². The third-order valence-corrected chi connectivity index (χ3v) is 4.43. The molecule has 2 aromatic rings. The fourth-order valence-electron chi connectivity index (χ4n) is 2.39. The number of fused-ring (bicyclic) bond motifs is 1. The highest BCUT2D eigenvalue weighted by Crippen LogP contribution is 2.28. The topological polar surface area (TPSA) is 0 Å².